The van der Waals surface area contributed by atoms with Crippen molar-refractivity contribution in [2.75, 3.05) is 26.3 Å². The first-order chi connectivity index (χ1) is 19.7. The first kappa shape index (κ1) is 42.6. The Hall–Kier alpha value is -1.50. The fraction of sp³-hybridized carbons (Fsp3) is 0.722. The first-order valence-electron chi connectivity index (χ1n) is 16.3. The minimum Gasteiger partial charge on any atom is -0.464 e. The molecule has 0 bridgehead atoms. The molecule has 0 fully saturated rings. The summed E-state index contributed by atoms with van der Waals surface area (Å²) in [6.45, 7) is 20.3. The molecule has 0 spiro atoms. The molecule has 6 heteroatoms. The number of nitrogens with zero attached hydrogens (tertiary/aromatic N) is 1. The van der Waals surface area contributed by atoms with Gasteiger partial charge in [0.25, 0.3) is 0 Å². The fourth-order valence-electron chi connectivity index (χ4n) is 4.55. The maximum atomic E-state index is 12.7. The molecule has 0 aliphatic carbocycles. The molecule has 0 radical (unpaired) electrons. The van der Waals surface area contributed by atoms with E-state index in [-0.39, 0.29) is 29.5 Å². The zero-order valence-electron chi connectivity index (χ0n) is 27.9. The summed E-state index contributed by atoms with van der Waals surface area (Å²) in [5.41, 5.74) is 4.79. The van der Waals surface area contributed by atoms with Gasteiger partial charge < -0.3 is 9.47 Å². The van der Waals surface area contributed by atoms with Crippen LogP contribution in [-0.2, 0) is 19.1 Å². The normalized spacial score (nSPS) is 11.4. The van der Waals surface area contributed by atoms with Crippen molar-refractivity contribution >= 4 is 29.2 Å². The van der Waals surface area contributed by atoms with E-state index in [4.69, 9.17) is 9.47 Å². The minimum atomic E-state index is -0.759. The van der Waals surface area contributed by atoms with E-state index in [1.54, 1.807) is 0 Å². The number of carbonyl (C=O) groups excluding carboxylic acids is 2. The molecule has 0 N–H and O–H groups in total. The molecule has 0 saturated carbocycles. The monoisotopic (exact) mass is 653 g/mol. The van der Waals surface area contributed by atoms with Crippen LogP contribution in [0.5, 0.6) is 0 Å². The maximum absolute atomic E-state index is 12.7. The number of hydrogen-bond donors (Lipinski definition) is 0. The number of unbranched alkanes of at least 4 members (excludes halogenated alkanes) is 9. The molecular formula is C36H64BrNO4. The predicted octanol–water partition coefficient (Wildman–Crippen LogP) is 10.3. The van der Waals surface area contributed by atoms with Gasteiger partial charge in [0.1, 0.15) is 0 Å². The second-order valence-corrected chi connectivity index (χ2v) is 11.9. The SMILES string of the molecule is Br.C=C(CCC=C(C)C)CCOC(=O)CN(CCCCCCCCCCCC)C(C=O)OCCC(=C)CCC=C(C)C. The van der Waals surface area contributed by atoms with Gasteiger partial charge in [-0.3, -0.25) is 14.5 Å². The molecule has 1 atom stereocenters. The van der Waals surface area contributed by atoms with Gasteiger partial charge in [-0.05, 0) is 66.2 Å². The Balaban J connectivity index is 0. The van der Waals surface area contributed by atoms with Crippen molar-refractivity contribution in [2.45, 2.75) is 144 Å². The molecule has 0 aromatic heterocycles. The van der Waals surface area contributed by atoms with Gasteiger partial charge in [-0.15, -0.1) is 17.0 Å². The second kappa shape index (κ2) is 29.6. The molecule has 244 valence electrons. The van der Waals surface area contributed by atoms with Gasteiger partial charge in [0.2, 0.25) is 0 Å². The van der Waals surface area contributed by atoms with Crippen molar-refractivity contribution in [1.29, 1.82) is 0 Å². The first-order valence-corrected chi connectivity index (χ1v) is 16.3. The van der Waals surface area contributed by atoms with Crippen LogP contribution in [0, 0.1) is 0 Å². The smallest absolute Gasteiger partial charge is 0.320 e. The van der Waals surface area contributed by atoms with Crippen LogP contribution in [0.4, 0.5) is 0 Å². The van der Waals surface area contributed by atoms with E-state index in [0.717, 1.165) is 56.0 Å². The predicted molar refractivity (Wildman–Crippen MR) is 185 cm³/mol. The summed E-state index contributed by atoms with van der Waals surface area (Å²) >= 11 is 0. The number of halogens is 1. The Kier molecular flexibility index (Phi) is 30.0. The molecule has 0 rings (SSSR count). The molecule has 42 heavy (non-hydrogen) atoms. The number of esters is 1. The molecule has 0 aliphatic rings. The molecule has 0 aliphatic heterocycles. The molecule has 0 aromatic carbocycles. The van der Waals surface area contributed by atoms with Crippen LogP contribution in [0.25, 0.3) is 0 Å². The Morgan fingerprint density at radius 1 is 0.738 bits per heavy atom. The third-order valence-electron chi connectivity index (χ3n) is 7.17. The average Bonchev–Trinajstić information content (AvgIpc) is 2.91. The summed E-state index contributed by atoms with van der Waals surface area (Å²) < 4.78 is 11.5. The van der Waals surface area contributed by atoms with Crippen molar-refractivity contribution < 1.29 is 19.1 Å². The summed E-state index contributed by atoms with van der Waals surface area (Å²) in [5.74, 6) is -0.323. The van der Waals surface area contributed by atoms with E-state index in [1.165, 1.54) is 62.5 Å². The van der Waals surface area contributed by atoms with Gasteiger partial charge >= 0.3 is 5.97 Å². The summed E-state index contributed by atoms with van der Waals surface area (Å²) in [7, 11) is 0. The number of rotatable bonds is 28. The highest BCUT2D eigenvalue weighted by Gasteiger charge is 2.22. The molecule has 0 heterocycles. The number of hydrogen-bond acceptors (Lipinski definition) is 5. The van der Waals surface area contributed by atoms with E-state index in [9.17, 15) is 9.59 Å². The van der Waals surface area contributed by atoms with Gasteiger partial charge in [-0.2, -0.15) is 0 Å². The number of allylic oxidation sites excluding steroid dienone is 4. The van der Waals surface area contributed by atoms with Crippen molar-refractivity contribution in [3.63, 3.8) is 0 Å². The zero-order valence-corrected chi connectivity index (χ0v) is 29.6. The summed E-state index contributed by atoms with van der Waals surface area (Å²) in [6, 6.07) is 0. The van der Waals surface area contributed by atoms with Crippen LogP contribution >= 0.6 is 17.0 Å². The lowest BCUT2D eigenvalue weighted by Gasteiger charge is -2.27. The van der Waals surface area contributed by atoms with Crippen LogP contribution in [0.2, 0.25) is 0 Å². The quantitative estimate of drug-likeness (QED) is 0.0276. The number of ether oxygens (including phenoxy) is 2. The van der Waals surface area contributed by atoms with Gasteiger partial charge in [0.05, 0.1) is 19.8 Å². The van der Waals surface area contributed by atoms with Crippen LogP contribution in [0.1, 0.15) is 137 Å². The van der Waals surface area contributed by atoms with E-state index in [1.807, 2.05) is 4.90 Å². The molecule has 0 aromatic rings. The summed E-state index contributed by atoms with van der Waals surface area (Å²) in [6.07, 6.45) is 21.9. The summed E-state index contributed by atoms with van der Waals surface area (Å²) in [4.78, 5) is 26.6. The molecule has 0 saturated heterocycles. The van der Waals surface area contributed by atoms with Crippen molar-refractivity contribution in [2.24, 2.45) is 0 Å². The Bertz CT molecular complexity index is 781. The summed E-state index contributed by atoms with van der Waals surface area (Å²) in [5, 5.41) is 0. The van der Waals surface area contributed by atoms with Gasteiger partial charge in [-0.1, -0.05) is 112 Å². The highest BCUT2D eigenvalue weighted by molar-refractivity contribution is 8.93. The van der Waals surface area contributed by atoms with E-state index < -0.39 is 6.23 Å². The van der Waals surface area contributed by atoms with Crippen LogP contribution in [0.15, 0.2) is 47.6 Å². The van der Waals surface area contributed by atoms with Crippen molar-refractivity contribution in [3.8, 4) is 0 Å². The molecular weight excluding hydrogens is 590 g/mol. The highest BCUT2D eigenvalue weighted by Crippen LogP contribution is 2.14. The van der Waals surface area contributed by atoms with Crippen LogP contribution in [-0.4, -0.2) is 49.7 Å². The maximum Gasteiger partial charge on any atom is 0.320 e. The molecule has 5 nitrogen and oxygen atoms in total. The standard InChI is InChI=1S/C36H63NO4.BrH/c1-8-9-10-11-12-13-14-15-16-17-26-37(29-36(39)41-28-25-34(7)23-19-21-32(4)5)35(30-38)40-27-24-33(6)22-18-20-31(2)3;/h20-21,30,35H,6-19,22-29H2,1-5H3;1H. The van der Waals surface area contributed by atoms with Crippen LogP contribution < -0.4 is 0 Å². The lowest BCUT2D eigenvalue weighted by molar-refractivity contribution is -0.151. The number of aldehydes is 1. The van der Waals surface area contributed by atoms with Crippen molar-refractivity contribution in [1.82, 2.24) is 4.90 Å². The topological polar surface area (TPSA) is 55.8 Å². The lowest BCUT2D eigenvalue weighted by atomic mass is 10.1. The largest absolute Gasteiger partial charge is 0.464 e. The van der Waals surface area contributed by atoms with Gasteiger partial charge in [0, 0.05) is 13.0 Å². The lowest BCUT2D eigenvalue weighted by Crippen LogP contribution is -2.43. The van der Waals surface area contributed by atoms with Crippen molar-refractivity contribution in [3.05, 3.63) is 47.6 Å². The molecule has 0 amide bonds. The molecule has 1 unspecified atom stereocenters. The van der Waals surface area contributed by atoms with Gasteiger partial charge in [-0.25, -0.2) is 0 Å². The highest BCUT2D eigenvalue weighted by atomic mass is 79.9. The Labute approximate surface area is 270 Å². The van der Waals surface area contributed by atoms with E-state index >= 15 is 0 Å². The average molecular weight is 655 g/mol. The second-order valence-electron chi connectivity index (χ2n) is 11.9. The fourth-order valence-corrected chi connectivity index (χ4v) is 4.55. The third-order valence-corrected chi connectivity index (χ3v) is 7.17. The Morgan fingerprint density at radius 3 is 1.69 bits per heavy atom. The van der Waals surface area contributed by atoms with E-state index in [2.05, 4.69) is 59.9 Å². The van der Waals surface area contributed by atoms with Crippen LogP contribution in [0.3, 0.4) is 0 Å². The number of carbonyl (C=O) groups is 2. The van der Waals surface area contributed by atoms with E-state index in [0.29, 0.717) is 32.6 Å². The zero-order chi connectivity index (χ0) is 30.7. The Morgan fingerprint density at radius 2 is 1.21 bits per heavy atom. The minimum absolute atomic E-state index is 0. The van der Waals surface area contributed by atoms with Gasteiger partial charge in [0.15, 0.2) is 12.5 Å². The third kappa shape index (κ3) is 27.3.